The summed E-state index contributed by atoms with van der Waals surface area (Å²) >= 11 is 0. The molecule has 0 aromatic carbocycles. The maximum Gasteiger partial charge on any atom is 0.302 e. The first-order chi connectivity index (χ1) is 19.4. The fourth-order valence-electron chi connectivity index (χ4n) is 10.7. The summed E-state index contributed by atoms with van der Waals surface area (Å²) in [6, 6.07) is -0.00300. The molecule has 0 amide bonds. The topological polar surface area (TPSA) is 87.2 Å². The van der Waals surface area contributed by atoms with Gasteiger partial charge in [-0.05, 0) is 91.8 Å². The van der Waals surface area contributed by atoms with Crippen LogP contribution in [0.2, 0.25) is 0 Å². The fourth-order valence-corrected chi connectivity index (χ4v) is 10.7. The normalized spacial score (nSPS) is 41.8. The second kappa shape index (κ2) is 11.9. The van der Waals surface area contributed by atoms with Crippen molar-refractivity contribution < 1.29 is 14.6 Å². The van der Waals surface area contributed by atoms with Gasteiger partial charge in [-0.2, -0.15) is 0 Å². The number of aromatic amines is 1. The van der Waals surface area contributed by atoms with Crippen molar-refractivity contribution in [2.75, 3.05) is 6.54 Å². The highest BCUT2D eigenvalue weighted by atomic mass is 16.5. The Morgan fingerprint density at radius 3 is 2.59 bits per heavy atom. The molecule has 1 aromatic rings. The number of imidazole rings is 1. The van der Waals surface area contributed by atoms with E-state index in [0.717, 1.165) is 67.5 Å². The van der Waals surface area contributed by atoms with Crippen LogP contribution in [-0.4, -0.2) is 45.3 Å². The SMILES string of the molecule is CC(=O)O[C@H]1CC[C@]2(C)[C@H]3CC[C@]4(C)[C@@H]([C@H](C)CC[C@@H](C)C(C)C)CC[C@H]4[C@@H]3CC(NCCc3c[nH]cn3)[C@@]2(O)C1. The highest BCUT2D eigenvalue weighted by Crippen LogP contribution is 2.69. The van der Waals surface area contributed by atoms with Crippen LogP contribution in [0.15, 0.2) is 12.5 Å². The number of aromatic nitrogens is 2. The molecule has 1 aromatic heterocycles. The van der Waals surface area contributed by atoms with Gasteiger partial charge < -0.3 is 20.1 Å². The molecule has 3 N–H and O–H groups in total. The van der Waals surface area contributed by atoms with Gasteiger partial charge in [-0.15, -0.1) is 0 Å². The van der Waals surface area contributed by atoms with E-state index < -0.39 is 5.60 Å². The van der Waals surface area contributed by atoms with Crippen LogP contribution >= 0.6 is 0 Å². The first-order valence-electron chi connectivity index (χ1n) is 17.0. The van der Waals surface area contributed by atoms with Crippen LogP contribution in [0.3, 0.4) is 0 Å². The van der Waals surface area contributed by atoms with E-state index in [1.807, 2.05) is 6.20 Å². The Labute approximate surface area is 249 Å². The lowest BCUT2D eigenvalue weighted by molar-refractivity contribution is -0.237. The molecule has 0 spiro atoms. The van der Waals surface area contributed by atoms with Crippen LogP contribution in [0.25, 0.3) is 0 Å². The Morgan fingerprint density at radius 1 is 1.12 bits per heavy atom. The summed E-state index contributed by atoms with van der Waals surface area (Å²) in [6.45, 7) is 17.0. The van der Waals surface area contributed by atoms with E-state index in [9.17, 15) is 9.90 Å². The summed E-state index contributed by atoms with van der Waals surface area (Å²) in [5.74, 6) is 4.82. The fraction of sp³-hybridized carbons (Fsp3) is 0.886. The van der Waals surface area contributed by atoms with E-state index in [-0.39, 0.29) is 23.5 Å². The van der Waals surface area contributed by atoms with Crippen molar-refractivity contribution in [3.8, 4) is 0 Å². The number of fused-ring (bicyclic) bond motifs is 5. The number of carbonyl (C=O) groups is 1. The van der Waals surface area contributed by atoms with Crippen LogP contribution in [0.1, 0.15) is 118 Å². The van der Waals surface area contributed by atoms with E-state index in [1.54, 1.807) is 6.33 Å². The van der Waals surface area contributed by atoms with Crippen LogP contribution in [-0.2, 0) is 16.0 Å². The zero-order valence-corrected chi connectivity index (χ0v) is 27.0. The number of carbonyl (C=O) groups excluding carboxylic acids is 1. The van der Waals surface area contributed by atoms with Gasteiger partial charge in [0.2, 0.25) is 0 Å². The molecule has 232 valence electrons. The lowest BCUT2D eigenvalue weighted by Gasteiger charge is -2.66. The average Bonchev–Trinajstić information content (AvgIpc) is 3.55. The standard InChI is InChI=1S/C35H59N3O3/c1-22(2)23(3)8-9-24(4)29-10-11-30-28-18-32(37-17-14-26-20-36-21-38-26)35(40)19-27(41-25(5)39)12-16-34(35,7)31(28)13-15-33(29,30)6/h20-24,27-32,37,40H,8-19H2,1-7H3,(H,36,38)/t23-,24-,27+,28+,29-,30+,31+,32?,33-,34-,35+/m1/s1. The third-order valence-electron chi connectivity index (χ3n) is 13.5. The molecule has 0 aliphatic heterocycles. The van der Waals surface area contributed by atoms with Gasteiger partial charge in [0.25, 0.3) is 0 Å². The number of H-pyrrole nitrogens is 1. The lowest BCUT2D eigenvalue weighted by atomic mass is 9.42. The van der Waals surface area contributed by atoms with Gasteiger partial charge in [-0.3, -0.25) is 4.79 Å². The Hall–Kier alpha value is -1.40. The number of esters is 1. The third-order valence-corrected chi connectivity index (χ3v) is 13.5. The predicted molar refractivity (Wildman–Crippen MR) is 164 cm³/mol. The Kier molecular flexibility index (Phi) is 9.04. The molecule has 6 nitrogen and oxygen atoms in total. The molecule has 0 saturated heterocycles. The molecule has 1 heterocycles. The van der Waals surface area contributed by atoms with Crippen LogP contribution < -0.4 is 5.32 Å². The minimum absolute atomic E-state index is 0.00300. The molecule has 11 atom stereocenters. The molecule has 0 bridgehead atoms. The van der Waals surface area contributed by atoms with Gasteiger partial charge in [-0.1, -0.05) is 54.4 Å². The van der Waals surface area contributed by atoms with Gasteiger partial charge in [0.15, 0.2) is 0 Å². The lowest BCUT2D eigenvalue weighted by Crippen LogP contribution is -2.71. The molecule has 6 heteroatoms. The minimum atomic E-state index is -0.885. The third kappa shape index (κ3) is 5.66. The number of ether oxygens (including phenoxy) is 1. The molecule has 4 aliphatic rings. The van der Waals surface area contributed by atoms with Crippen molar-refractivity contribution in [3.05, 3.63) is 18.2 Å². The summed E-state index contributed by atoms with van der Waals surface area (Å²) in [6.07, 6.45) is 15.6. The maximum absolute atomic E-state index is 12.7. The number of nitrogens with zero attached hydrogens (tertiary/aromatic N) is 1. The zero-order valence-electron chi connectivity index (χ0n) is 27.0. The smallest absolute Gasteiger partial charge is 0.302 e. The van der Waals surface area contributed by atoms with E-state index in [0.29, 0.717) is 23.7 Å². The molecular weight excluding hydrogens is 510 g/mol. The number of aliphatic hydroxyl groups is 1. The summed E-state index contributed by atoms with van der Waals surface area (Å²) in [5.41, 5.74) is 0.396. The molecule has 0 radical (unpaired) electrons. The van der Waals surface area contributed by atoms with Crippen molar-refractivity contribution in [2.45, 2.75) is 137 Å². The van der Waals surface area contributed by atoms with Gasteiger partial charge in [0.1, 0.15) is 6.10 Å². The molecule has 5 rings (SSSR count). The zero-order chi connectivity index (χ0) is 29.6. The second-order valence-corrected chi connectivity index (χ2v) is 15.8. The largest absolute Gasteiger partial charge is 0.462 e. The van der Waals surface area contributed by atoms with Crippen molar-refractivity contribution in [3.63, 3.8) is 0 Å². The average molecular weight is 570 g/mol. The van der Waals surface area contributed by atoms with E-state index in [4.69, 9.17) is 4.74 Å². The Morgan fingerprint density at radius 2 is 1.90 bits per heavy atom. The summed E-state index contributed by atoms with van der Waals surface area (Å²) in [5, 5.41) is 16.6. The molecule has 4 fully saturated rings. The monoisotopic (exact) mass is 569 g/mol. The highest BCUT2D eigenvalue weighted by molar-refractivity contribution is 5.66. The predicted octanol–water partition coefficient (Wildman–Crippen LogP) is 6.93. The summed E-state index contributed by atoms with van der Waals surface area (Å²) < 4.78 is 5.74. The first-order valence-corrected chi connectivity index (χ1v) is 17.0. The quantitative estimate of drug-likeness (QED) is 0.266. The molecule has 4 saturated carbocycles. The Balaban J connectivity index is 1.37. The van der Waals surface area contributed by atoms with Crippen LogP contribution in [0.4, 0.5) is 0 Å². The Bertz CT molecular complexity index is 1030. The van der Waals surface area contributed by atoms with Crippen LogP contribution in [0, 0.1) is 52.3 Å². The van der Waals surface area contributed by atoms with Crippen molar-refractivity contribution >= 4 is 5.97 Å². The van der Waals surface area contributed by atoms with Crippen molar-refractivity contribution in [2.24, 2.45) is 52.3 Å². The number of rotatable bonds is 10. The van der Waals surface area contributed by atoms with Gasteiger partial charge >= 0.3 is 5.97 Å². The molecule has 41 heavy (non-hydrogen) atoms. The highest BCUT2D eigenvalue weighted by Gasteiger charge is 2.67. The van der Waals surface area contributed by atoms with Crippen molar-refractivity contribution in [1.82, 2.24) is 15.3 Å². The van der Waals surface area contributed by atoms with Gasteiger partial charge in [0.05, 0.1) is 17.6 Å². The molecular formula is C35H59N3O3. The van der Waals surface area contributed by atoms with Gasteiger partial charge in [-0.25, -0.2) is 4.98 Å². The molecule has 1 unspecified atom stereocenters. The van der Waals surface area contributed by atoms with E-state index in [1.165, 1.54) is 45.4 Å². The first kappa shape index (κ1) is 31.0. The van der Waals surface area contributed by atoms with Crippen molar-refractivity contribution in [1.29, 1.82) is 0 Å². The minimum Gasteiger partial charge on any atom is -0.462 e. The van der Waals surface area contributed by atoms with Crippen LogP contribution in [0.5, 0.6) is 0 Å². The van der Waals surface area contributed by atoms with E-state index >= 15 is 0 Å². The molecule has 4 aliphatic carbocycles. The number of hydrogen-bond donors (Lipinski definition) is 3. The van der Waals surface area contributed by atoms with Gasteiger partial charge in [0, 0.05) is 44.0 Å². The summed E-state index contributed by atoms with van der Waals surface area (Å²) in [4.78, 5) is 19.4. The number of nitrogens with one attached hydrogen (secondary N) is 2. The second-order valence-electron chi connectivity index (χ2n) is 15.8. The summed E-state index contributed by atoms with van der Waals surface area (Å²) in [7, 11) is 0. The van der Waals surface area contributed by atoms with E-state index in [2.05, 4.69) is 56.8 Å². The maximum atomic E-state index is 12.7. The number of hydrogen-bond acceptors (Lipinski definition) is 5.